The molecule has 2 N–H and O–H groups in total. The first-order chi connectivity index (χ1) is 2.00. The van der Waals surface area contributed by atoms with Gasteiger partial charge in [-0.05, 0) is 0 Å². The second kappa shape index (κ2) is 9.86. The maximum absolute atomic E-state index is 8.80. The van der Waals surface area contributed by atoms with Crippen molar-refractivity contribution in [2.24, 2.45) is 0 Å². The molecule has 8 heavy (non-hydrogen) atoms. The van der Waals surface area contributed by atoms with E-state index in [9.17, 15) is 0 Å². The van der Waals surface area contributed by atoms with E-state index in [1.807, 2.05) is 0 Å². The van der Waals surface area contributed by atoms with E-state index in [0.29, 0.717) is 0 Å². The molecule has 8 heteroatoms. The average molecular weight is 263 g/mol. The van der Waals surface area contributed by atoms with Crippen LogP contribution in [0.3, 0.4) is 0 Å². The van der Waals surface area contributed by atoms with E-state index in [2.05, 4.69) is 0 Å². The summed E-state index contributed by atoms with van der Waals surface area (Å²) in [6, 6.07) is 0. The van der Waals surface area contributed by atoms with E-state index < -0.39 is 9.05 Å². The van der Waals surface area contributed by atoms with Gasteiger partial charge in [-0.3, -0.25) is 0 Å². The Kier molecular flexibility index (Phi) is 27.6. The van der Waals surface area contributed by atoms with E-state index in [1.54, 1.807) is 0 Å². The van der Waals surface area contributed by atoms with Gasteiger partial charge in [-0.25, -0.2) is 0 Å². The second-order valence-electron chi connectivity index (χ2n) is 0.548. The summed E-state index contributed by atoms with van der Waals surface area (Å²) in [5, 5.41) is 0. The maximum atomic E-state index is 8.80. The van der Waals surface area contributed by atoms with Crippen molar-refractivity contribution in [2.45, 2.75) is 0 Å². The molecule has 0 fully saturated rings. The molecule has 0 aromatic carbocycles. The van der Waals surface area contributed by atoms with Crippen LogP contribution in [0.5, 0.6) is 0 Å². The zero-order valence-corrected chi connectivity index (χ0v) is 9.21. The van der Waals surface area contributed by atoms with Gasteiger partial charge in [-0.2, -0.15) is 0 Å². The molecule has 40 valence electrons. The molecule has 0 atom stereocenters. The van der Waals surface area contributed by atoms with Crippen LogP contribution in [0.4, 0.5) is 0 Å². The van der Waals surface area contributed by atoms with E-state index >= 15 is 0 Å². The molecule has 0 aromatic rings. The van der Waals surface area contributed by atoms with Crippen molar-refractivity contribution in [1.82, 2.24) is 0 Å². The summed E-state index contributed by atoms with van der Waals surface area (Å²) < 4.78 is 0. The van der Waals surface area contributed by atoms with Crippen LogP contribution >= 0.6 is 0 Å². The molecule has 4 nitrogen and oxygen atoms in total. The van der Waals surface area contributed by atoms with Crippen LogP contribution < -0.4 is 68.7 Å². The third-order valence-electron chi connectivity index (χ3n) is 0. The van der Waals surface area contributed by atoms with Crippen molar-refractivity contribution in [3.63, 3.8) is 0 Å². The predicted molar refractivity (Wildman–Crippen MR) is 21.5 cm³/mol. The molecule has 0 unspecified atom stereocenters. The molecule has 0 aromatic heterocycles. The summed E-state index contributed by atoms with van der Waals surface area (Å²) in [4.78, 5) is 31.8. The molecule has 0 saturated heterocycles. The number of hydrogen-bond donors (Lipinski definition) is 2. The Morgan fingerprint density at radius 2 is 1.00 bits per heavy atom. The van der Waals surface area contributed by atoms with Crippen molar-refractivity contribution < 1.29 is 78.3 Å². The van der Waals surface area contributed by atoms with E-state index in [1.165, 1.54) is 0 Å². The summed E-state index contributed by atoms with van der Waals surface area (Å²) in [5.74, 6) is 0. The molecule has 0 aliphatic carbocycles. The van der Waals surface area contributed by atoms with Gasteiger partial charge in [-0.15, -0.1) is 0 Å². The Balaban J connectivity index is -0.0000000267. The summed E-state index contributed by atoms with van der Waals surface area (Å²) in [7, 11) is -5.11. The molecular weight excluding hydrogens is 257 g/mol. The fraction of sp³-hybridized carbons (Fsp3) is 0. The molecule has 0 bridgehead atoms. The first-order valence-corrected chi connectivity index (χ1v) is 2.57. The molecule has 0 heterocycles. The molecule has 0 saturated carbocycles. The van der Waals surface area contributed by atoms with Gasteiger partial charge in [0.25, 0.3) is 0 Å². The standard InChI is InChI=1S/2Na.H2O4Si.Sn.4H/c;;1-5(2,3)4;;;;;/h;;1-2H;;;;;/q2*+1;-2;;;;;. The molecule has 0 aliphatic rings. The van der Waals surface area contributed by atoms with Crippen molar-refractivity contribution >= 4 is 33.0 Å². The molecule has 0 radical (unpaired) electrons. The van der Waals surface area contributed by atoms with E-state index in [-0.39, 0.29) is 83.0 Å². The zero-order valence-electron chi connectivity index (χ0n) is 4.21. The zero-order chi connectivity index (χ0) is 4.50. The number of rotatable bonds is 0. The predicted octanol–water partition coefficient (Wildman–Crippen LogP) is -11.3. The quantitative estimate of drug-likeness (QED) is 0.425. The third-order valence-corrected chi connectivity index (χ3v) is 0. The Labute approximate surface area is 109 Å². The summed E-state index contributed by atoms with van der Waals surface area (Å²) >= 11 is 0. The summed E-state index contributed by atoms with van der Waals surface area (Å²) in [6.45, 7) is 0. The van der Waals surface area contributed by atoms with Crippen molar-refractivity contribution in [2.75, 3.05) is 0 Å². The Morgan fingerprint density at radius 1 is 1.00 bits per heavy atom. The SMILES string of the molecule is [Na+].[Na+].[O-][Si]([O-])(O)O.[SnH4]. The van der Waals surface area contributed by atoms with Crippen molar-refractivity contribution in [1.29, 1.82) is 0 Å². The topological polar surface area (TPSA) is 86.6 Å². The van der Waals surface area contributed by atoms with Crippen LogP contribution in [0.1, 0.15) is 0 Å². The van der Waals surface area contributed by atoms with Gasteiger partial charge < -0.3 is 19.2 Å². The summed E-state index contributed by atoms with van der Waals surface area (Å²) in [5.41, 5.74) is 0. The molecular formula is H6Na2O4SiSn. The van der Waals surface area contributed by atoms with Gasteiger partial charge in [0, 0.05) is 0 Å². The van der Waals surface area contributed by atoms with Crippen LogP contribution in [0.15, 0.2) is 0 Å². The molecule has 0 spiro atoms. The Morgan fingerprint density at radius 3 is 1.00 bits per heavy atom. The minimum atomic E-state index is -5.11. The van der Waals surface area contributed by atoms with Crippen LogP contribution in [-0.2, 0) is 0 Å². The average Bonchev–Trinajstić information content (AvgIpc) is 0.722. The molecule has 0 amide bonds. The van der Waals surface area contributed by atoms with Gasteiger partial charge in [0.1, 0.15) is 9.05 Å². The Bertz CT molecular complexity index is 29.5. The number of hydrogen-bond acceptors (Lipinski definition) is 4. The first-order valence-electron chi connectivity index (χ1n) is 0.855. The van der Waals surface area contributed by atoms with Crippen LogP contribution in [-0.4, -0.2) is 42.5 Å². The monoisotopic (exact) mass is 264 g/mol. The van der Waals surface area contributed by atoms with Gasteiger partial charge in [0.15, 0.2) is 0 Å². The van der Waals surface area contributed by atoms with Gasteiger partial charge >= 0.3 is 83.0 Å². The first kappa shape index (κ1) is 22.4. The van der Waals surface area contributed by atoms with Crippen LogP contribution in [0.2, 0.25) is 0 Å². The molecule has 0 aliphatic heterocycles. The van der Waals surface area contributed by atoms with E-state index in [0.717, 1.165) is 0 Å². The fourth-order valence-corrected chi connectivity index (χ4v) is 0. The third kappa shape index (κ3) is 67.0. The van der Waals surface area contributed by atoms with E-state index in [4.69, 9.17) is 19.2 Å². The Hall–Kier alpha value is 2.86. The van der Waals surface area contributed by atoms with Crippen molar-refractivity contribution in [3.05, 3.63) is 0 Å². The van der Waals surface area contributed by atoms with Crippen molar-refractivity contribution in [3.8, 4) is 0 Å². The van der Waals surface area contributed by atoms with Crippen LogP contribution in [0.25, 0.3) is 0 Å². The van der Waals surface area contributed by atoms with Gasteiger partial charge in [-0.1, -0.05) is 0 Å². The van der Waals surface area contributed by atoms with Crippen LogP contribution in [0, 0.1) is 0 Å². The van der Waals surface area contributed by atoms with Gasteiger partial charge in [0.2, 0.25) is 0 Å². The summed E-state index contributed by atoms with van der Waals surface area (Å²) in [6.07, 6.45) is 0. The fourth-order valence-electron chi connectivity index (χ4n) is 0. The minimum absolute atomic E-state index is 0. The van der Waals surface area contributed by atoms with Gasteiger partial charge in [0.05, 0.1) is 0 Å². The second-order valence-corrected chi connectivity index (χ2v) is 1.65. The molecule has 0 rings (SSSR count). The normalized spacial score (nSPS) is 7.50.